The van der Waals surface area contributed by atoms with E-state index in [1.54, 1.807) is 21.3 Å². The lowest BCUT2D eigenvalue weighted by Crippen LogP contribution is -2.20. The minimum Gasteiger partial charge on any atom is -0.497 e. The summed E-state index contributed by atoms with van der Waals surface area (Å²) in [5.41, 5.74) is 0. The molecule has 3 nitrogen and oxygen atoms in total. The molecule has 0 unspecified atom stereocenters. The summed E-state index contributed by atoms with van der Waals surface area (Å²) in [6.45, 7) is 0. The van der Waals surface area contributed by atoms with Gasteiger partial charge in [-0.15, -0.1) is 24.0 Å². The Balaban J connectivity index is 0.00000243. The van der Waals surface area contributed by atoms with Gasteiger partial charge in [-0.2, -0.15) is 0 Å². The molecule has 5 heteroatoms. The van der Waals surface area contributed by atoms with Crippen LogP contribution in [0.1, 0.15) is 0 Å². The molecule has 136 valence electrons. The van der Waals surface area contributed by atoms with E-state index in [2.05, 4.69) is 36.4 Å². The summed E-state index contributed by atoms with van der Waals surface area (Å²) in [6, 6.07) is 24.9. The van der Waals surface area contributed by atoms with Gasteiger partial charge < -0.3 is 14.2 Å². The predicted molar refractivity (Wildman–Crippen MR) is 120 cm³/mol. The second kappa shape index (κ2) is 9.79. The smallest absolute Gasteiger partial charge is 0.118 e. The quantitative estimate of drug-likeness (QED) is 0.393. The van der Waals surface area contributed by atoms with Crippen molar-refractivity contribution in [1.29, 1.82) is 0 Å². The van der Waals surface area contributed by atoms with Crippen LogP contribution in [0.3, 0.4) is 0 Å². The first-order chi connectivity index (χ1) is 12.2. The highest BCUT2D eigenvalue weighted by Gasteiger charge is 2.17. The second-order valence-corrected chi connectivity index (χ2v) is 7.65. The lowest BCUT2D eigenvalue weighted by atomic mass is 10.3. The van der Waals surface area contributed by atoms with E-state index in [0.29, 0.717) is 0 Å². The molecule has 26 heavy (non-hydrogen) atoms. The van der Waals surface area contributed by atoms with Crippen molar-refractivity contribution in [1.82, 2.24) is 0 Å². The first-order valence-corrected chi connectivity index (χ1v) is 9.31. The van der Waals surface area contributed by atoms with Crippen molar-refractivity contribution in [2.45, 2.75) is 0 Å². The number of hydrogen-bond acceptors (Lipinski definition) is 3. The third-order valence-electron chi connectivity index (χ3n) is 3.99. The van der Waals surface area contributed by atoms with Gasteiger partial charge >= 0.3 is 0 Å². The Labute approximate surface area is 173 Å². The number of benzene rings is 3. The Hall–Kier alpha value is -1.78. The largest absolute Gasteiger partial charge is 0.497 e. The summed E-state index contributed by atoms with van der Waals surface area (Å²) in [4.78, 5) is 0. The van der Waals surface area contributed by atoms with Gasteiger partial charge in [0.1, 0.15) is 17.2 Å². The molecule has 3 aromatic carbocycles. The number of rotatable bonds is 6. The molecular formula is C21H22IO3P. The first kappa shape index (κ1) is 20.5. The minimum absolute atomic E-state index is 0. The van der Waals surface area contributed by atoms with Crippen LogP contribution < -0.4 is 30.1 Å². The molecular weight excluding hydrogens is 458 g/mol. The molecule has 0 aliphatic rings. The number of ether oxygens (including phenoxy) is 3. The molecule has 0 N–H and O–H groups in total. The van der Waals surface area contributed by atoms with Gasteiger partial charge in [-0.25, -0.2) is 0 Å². The van der Waals surface area contributed by atoms with E-state index < -0.39 is 7.92 Å². The van der Waals surface area contributed by atoms with Crippen LogP contribution in [0.25, 0.3) is 0 Å². The highest BCUT2D eigenvalue weighted by Crippen LogP contribution is 2.34. The van der Waals surface area contributed by atoms with Gasteiger partial charge in [0.25, 0.3) is 0 Å². The van der Waals surface area contributed by atoms with Gasteiger partial charge in [0.15, 0.2) is 0 Å². The molecule has 3 aromatic rings. The van der Waals surface area contributed by atoms with E-state index >= 15 is 0 Å². The summed E-state index contributed by atoms with van der Waals surface area (Å²) < 4.78 is 15.9. The zero-order valence-corrected chi connectivity index (χ0v) is 18.2. The minimum atomic E-state index is -0.665. The zero-order valence-electron chi connectivity index (χ0n) is 15.0. The third-order valence-corrected chi connectivity index (χ3v) is 6.44. The van der Waals surface area contributed by atoms with Crippen molar-refractivity contribution in [3.63, 3.8) is 0 Å². The third kappa shape index (κ3) is 4.68. The molecule has 0 saturated heterocycles. The van der Waals surface area contributed by atoms with Crippen LogP contribution in [0.5, 0.6) is 17.2 Å². The molecule has 0 aliphatic heterocycles. The monoisotopic (exact) mass is 480 g/mol. The van der Waals surface area contributed by atoms with Crippen molar-refractivity contribution in [2.75, 3.05) is 21.3 Å². The van der Waals surface area contributed by atoms with Crippen LogP contribution >= 0.6 is 31.9 Å². The lowest BCUT2D eigenvalue weighted by molar-refractivity contribution is 0.415. The summed E-state index contributed by atoms with van der Waals surface area (Å²) in [7, 11) is 4.39. The number of halogens is 1. The Morgan fingerprint density at radius 2 is 0.692 bits per heavy atom. The molecule has 0 heterocycles. The van der Waals surface area contributed by atoms with E-state index in [-0.39, 0.29) is 24.0 Å². The van der Waals surface area contributed by atoms with Crippen LogP contribution in [0, 0.1) is 0 Å². The fourth-order valence-electron chi connectivity index (χ4n) is 2.64. The van der Waals surface area contributed by atoms with Gasteiger partial charge in [-0.1, -0.05) is 36.4 Å². The van der Waals surface area contributed by atoms with Crippen molar-refractivity contribution in [2.24, 2.45) is 0 Å². The van der Waals surface area contributed by atoms with E-state index in [1.807, 2.05) is 36.4 Å². The maximum Gasteiger partial charge on any atom is 0.118 e. The maximum absolute atomic E-state index is 5.30. The maximum atomic E-state index is 5.30. The van der Waals surface area contributed by atoms with Crippen LogP contribution in [0.2, 0.25) is 0 Å². The van der Waals surface area contributed by atoms with E-state index in [0.717, 1.165) is 17.2 Å². The Bertz CT molecular complexity index is 689. The average molecular weight is 480 g/mol. The molecule has 0 aromatic heterocycles. The molecule has 0 bridgehead atoms. The normalized spacial score (nSPS) is 10.2. The number of methoxy groups -OCH3 is 3. The molecule has 0 spiro atoms. The summed E-state index contributed by atoms with van der Waals surface area (Å²) >= 11 is 0. The fourth-order valence-corrected chi connectivity index (χ4v) is 4.88. The van der Waals surface area contributed by atoms with Crippen molar-refractivity contribution in [3.8, 4) is 17.2 Å². The van der Waals surface area contributed by atoms with Crippen LogP contribution in [-0.4, -0.2) is 21.3 Å². The van der Waals surface area contributed by atoms with E-state index in [9.17, 15) is 0 Å². The predicted octanol–water partition coefficient (Wildman–Crippen LogP) is 4.09. The molecule has 0 aliphatic carbocycles. The summed E-state index contributed by atoms with van der Waals surface area (Å²) in [5.74, 6) is 2.59. The first-order valence-electron chi connectivity index (χ1n) is 7.97. The second-order valence-electron chi connectivity index (χ2n) is 5.43. The molecule has 0 fully saturated rings. The number of hydrogen-bond donors (Lipinski definition) is 0. The molecule has 0 atom stereocenters. The van der Waals surface area contributed by atoms with Gasteiger partial charge in [-0.3, -0.25) is 0 Å². The van der Waals surface area contributed by atoms with Crippen molar-refractivity contribution in [3.05, 3.63) is 72.8 Å². The van der Waals surface area contributed by atoms with Crippen molar-refractivity contribution >= 4 is 47.8 Å². The van der Waals surface area contributed by atoms with E-state index in [1.165, 1.54) is 15.9 Å². The summed E-state index contributed by atoms with van der Waals surface area (Å²) in [6.07, 6.45) is 0. The highest BCUT2D eigenvalue weighted by molar-refractivity contribution is 14.0. The summed E-state index contributed by atoms with van der Waals surface area (Å²) in [5, 5.41) is 3.81. The Morgan fingerprint density at radius 3 is 0.885 bits per heavy atom. The average Bonchev–Trinajstić information content (AvgIpc) is 2.70. The topological polar surface area (TPSA) is 27.7 Å². The lowest BCUT2D eigenvalue weighted by Gasteiger charge is -2.20. The van der Waals surface area contributed by atoms with Crippen LogP contribution in [0.15, 0.2) is 72.8 Å². The molecule has 0 amide bonds. The zero-order chi connectivity index (χ0) is 17.6. The standard InChI is InChI=1S/C21H21O3P.HI/c1-22-16-4-10-19(11-5-16)25(20-12-6-17(23-2)7-13-20)21-14-8-18(24-3)9-15-21;/h4-15H,1-3H3;1H. The van der Waals surface area contributed by atoms with Gasteiger partial charge in [-0.05, 0) is 60.2 Å². The van der Waals surface area contributed by atoms with Crippen molar-refractivity contribution < 1.29 is 14.2 Å². The highest BCUT2D eigenvalue weighted by atomic mass is 127. The van der Waals surface area contributed by atoms with Gasteiger partial charge in [0, 0.05) is 0 Å². The molecule has 3 rings (SSSR count). The van der Waals surface area contributed by atoms with Crippen LogP contribution in [-0.2, 0) is 0 Å². The SMILES string of the molecule is COc1ccc(P(c2ccc(OC)cc2)c2ccc(OC)cc2)cc1.I. The molecule has 0 saturated carbocycles. The van der Waals surface area contributed by atoms with Crippen LogP contribution in [0.4, 0.5) is 0 Å². The fraction of sp³-hybridized carbons (Fsp3) is 0.143. The van der Waals surface area contributed by atoms with E-state index in [4.69, 9.17) is 14.2 Å². The Morgan fingerprint density at radius 1 is 0.462 bits per heavy atom. The molecule has 0 radical (unpaired) electrons. The van der Waals surface area contributed by atoms with Gasteiger partial charge in [0.2, 0.25) is 0 Å². The Kier molecular flexibility index (Phi) is 7.73. The van der Waals surface area contributed by atoms with Gasteiger partial charge in [0.05, 0.1) is 21.3 Å².